The molecule has 7 nitrogen and oxygen atoms in total. The molecule has 9 heteroatoms. The molecule has 26 heavy (non-hydrogen) atoms. The van der Waals surface area contributed by atoms with Crippen LogP contribution < -0.4 is 10.3 Å². The Morgan fingerprint density at radius 2 is 1.65 bits per heavy atom. The second kappa shape index (κ2) is 7.38. The molecule has 1 amide bonds. The molecule has 0 saturated heterocycles. The molecule has 0 atom stereocenters. The van der Waals surface area contributed by atoms with Crippen LogP contribution >= 0.6 is 0 Å². The van der Waals surface area contributed by atoms with Gasteiger partial charge in [0.15, 0.2) is 5.82 Å². The Hall–Kier alpha value is -3.17. The SMILES string of the molecule is O=C(NNS(=O)(=O)c1ccccc1)c1cc(-c2ncccn2)ccc1F. The number of nitrogens with one attached hydrogen (secondary N) is 2. The minimum atomic E-state index is -3.97. The van der Waals surface area contributed by atoms with Crippen molar-refractivity contribution in [2.24, 2.45) is 0 Å². The van der Waals surface area contributed by atoms with Crippen molar-refractivity contribution in [3.05, 3.63) is 78.4 Å². The molecule has 0 aliphatic heterocycles. The number of sulfonamides is 1. The van der Waals surface area contributed by atoms with Gasteiger partial charge in [-0.05, 0) is 36.4 Å². The van der Waals surface area contributed by atoms with Crippen LogP contribution in [-0.4, -0.2) is 24.3 Å². The van der Waals surface area contributed by atoms with Crippen LogP contribution in [0.2, 0.25) is 0 Å². The molecule has 0 radical (unpaired) electrons. The van der Waals surface area contributed by atoms with E-state index in [2.05, 4.69) is 9.97 Å². The normalized spacial score (nSPS) is 11.1. The van der Waals surface area contributed by atoms with Gasteiger partial charge in [-0.15, -0.1) is 4.83 Å². The van der Waals surface area contributed by atoms with Crippen molar-refractivity contribution in [2.75, 3.05) is 0 Å². The van der Waals surface area contributed by atoms with Gasteiger partial charge in [-0.2, -0.15) is 0 Å². The lowest BCUT2D eigenvalue weighted by Gasteiger charge is -2.10. The highest BCUT2D eigenvalue weighted by atomic mass is 32.2. The smallest absolute Gasteiger partial charge is 0.269 e. The molecule has 2 aromatic carbocycles. The van der Waals surface area contributed by atoms with Crippen LogP contribution in [0.3, 0.4) is 0 Å². The average Bonchev–Trinajstić information content (AvgIpc) is 2.68. The largest absolute Gasteiger partial charge is 0.273 e. The Labute approximate surface area is 149 Å². The minimum Gasteiger partial charge on any atom is -0.273 e. The Morgan fingerprint density at radius 3 is 2.35 bits per heavy atom. The van der Waals surface area contributed by atoms with Gasteiger partial charge < -0.3 is 0 Å². The highest BCUT2D eigenvalue weighted by Gasteiger charge is 2.18. The summed E-state index contributed by atoms with van der Waals surface area (Å²) in [6, 6.07) is 12.9. The van der Waals surface area contributed by atoms with Gasteiger partial charge in [-0.1, -0.05) is 18.2 Å². The molecule has 132 valence electrons. The maximum atomic E-state index is 14.0. The van der Waals surface area contributed by atoms with Gasteiger partial charge in [0.2, 0.25) is 0 Å². The number of halogens is 1. The fourth-order valence-electron chi connectivity index (χ4n) is 2.13. The summed E-state index contributed by atoms with van der Waals surface area (Å²) < 4.78 is 38.2. The number of carbonyl (C=O) groups excluding carboxylic acids is 1. The van der Waals surface area contributed by atoms with Gasteiger partial charge in [0.05, 0.1) is 10.5 Å². The van der Waals surface area contributed by atoms with Crippen LogP contribution in [0.5, 0.6) is 0 Å². The van der Waals surface area contributed by atoms with Crippen LogP contribution in [0.15, 0.2) is 71.9 Å². The summed E-state index contributed by atoms with van der Waals surface area (Å²) in [6.07, 6.45) is 3.03. The van der Waals surface area contributed by atoms with Crippen molar-refractivity contribution in [3.8, 4) is 11.4 Å². The highest BCUT2D eigenvalue weighted by Crippen LogP contribution is 2.18. The standard InChI is InChI=1S/C17H13FN4O3S/c18-15-8-7-12(16-19-9-4-10-20-16)11-14(15)17(23)21-22-26(24,25)13-5-2-1-3-6-13/h1-11,22H,(H,21,23). The fourth-order valence-corrected chi connectivity index (χ4v) is 2.99. The molecule has 0 spiro atoms. The van der Waals surface area contributed by atoms with Gasteiger partial charge >= 0.3 is 0 Å². The van der Waals surface area contributed by atoms with Gasteiger partial charge in [-0.3, -0.25) is 10.2 Å². The van der Waals surface area contributed by atoms with E-state index in [0.717, 1.165) is 6.07 Å². The number of carbonyl (C=O) groups is 1. The monoisotopic (exact) mass is 372 g/mol. The van der Waals surface area contributed by atoms with Crippen LogP contribution in [0, 0.1) is 5.82 Å². The summed E-state index contributed by atoms with van der Waals surface area (Å²) in [5.74, 6) is -1.44. The molecule has 1 aromatic heterocycles. The summed E-state index contributed by atoms with van der Waals surface area (Å²) >= 11 is 0. The lowest BCUT2D eigenvalue weighted by atomic mass is 10.1. The number of hydrogen-bond acceptors (Lipinski definition) is 5. The van der Waals surface area contributed by atoms with E-state index in [1.54, 1.807) is 24.3 Å². The number of nitrogens with zero attached hydrogens (tertiary/aromatic N) is 2. The maximum absolute atomic E-state index is 14.0. The molecule has 0 unspecified atom stereocenters. The predicted octanol–water partition coefficient (Wildman–Crippen LogP) is 1.91. The Morgan fingerprint density at radius 1 is 0.962 bits per heavy atom. The quantitative estimate of drug-likeness (QED) is 0.666. The molecule has 3 rings (SSSR count). The van der Waals surface area contributed by atoms with Crippen LogP contribution in [0.1, 0.15) is 10.4 Å². The van der Waals surface area contributed by atoms with E-state index < -0.39 is 21.7 Å². The van der Waals surface area contributed by atoms with Crippen molar-refractivity contribution in [3.63, 3.8) is 0 Å². The molecule has 0 aliphatic rings. The molecule has 2 N–H and O–H groups in total. The zero-order valence-corrected chi connectivity index (χ0v) is 14.1. The van der Waals surface area contributed by atoms with Gasteiger partial charge in [-0.25, -0.2) is 22.8 Å². The molecule has 0 fully saturated rings. The first-order chi connectivity index (χ1) is 12.5. The third-order valence-electron chi connectivity index (χ3n) is 3.39. The second-order valence-electron chi connectivity index (χ2n) is 5.14. The Kier molecular flexibility index (Phi) is 5.01. The zero-order chi connectivity index (χ0) is 18.6. The Balaban J connectivity index is 1.80. The summed E-state index contributed by atoms with van der Waals surface area (Å²) in [6.45, 7) is 0. The second-order valence-corrected chi connectivity index (χ2v) is 6.82. The molecule has 3 aromatic rings. The van der Waals surface area contributed by atoms with Gasteiger partial charge in [0, 0.05) is 18.0 Å². The van der Waals surface area contributed by atoms with E-state index in [4.69, 9.17) is 0 Å². The van der Waals surface area contributed by atoms with Gasteiger partial charge in [0.1, 0.15) is 5.82 Å². The first-order valence-electron chi connectivity index (χ1n) is 7.41. The lowest BCUT2D eigenvalue weighted by molar-refractivity contribution is 0.0941. The number of rotatable bonds is 5. The summed E-state index contributed by atoms with van der Waals surface area (Å²) in [7, 11) is -3.97. The summed E-state index contributed by atoms with van der Waals surface area (Å²) in [5, 5.41) is 0. The zero-order valence-electron chi connectivity index (χ0n) is 13.3. The summed E-state index contributed by atoms with van der Waals surface area (Å²) in [5.41, 5.74) is 2.08. The van der Waals surface area contributed by atoms with E-state index in [1.165, 1.54) is 36.7 Å². The topological polar surface area (TPSA) is 101 Å². The molecule has 0 saturated carbocycles. The lowest BCUT2D eigenvalue weighted by Crippen LogP contribution is -2.41. The Bertz CT molecular complexity index is 1030. The number of aromatic nitrogens is 2. The molecular weight excluding hydrogens is 359 g/mol. The third-order valence-corrected chi connectivity index (χ3v) is 4.65. The minimum absolute atomic E-state index is 0.0350. The van der Waals surface area contributed by atoms with E-state index in [-0.39, 0.29) is 10.5 Å². The molecule has 0 bridgehead atoms. The van der Waals surface area contributed by atoms with Crippen LogP contribution in [-0.2, 0) is 10.0 Å². The highest BCUT2D eigenvalue weighted by molar-refractivity contribution is 7.89. The van der Waals surface area contributed by atoms with E-state index in [0.29, 0.717) is 11.4 Å². The van der Waals surface area contributed by atoms with Crippen molar-refractivity contribution in [2.45, 2.75) is 4.90 Å². The van der Waals surface area contributed by atoms with Crippen molar-refractivity contribution >= 4 is 15.9 Å². The maximum Gasteiger partial charge on any atom is 0.269 e. The van der Waals surface area contributed by atoms with E-state index in [9.17, 15) is 17.6 Å². The fraction of sp³-hybridized carbons (Fsp3) is 0. The number of hydrogen-bond donors (Lipinski definition) is 2. The molecule has 1 heterocycles. The number of hydrazine groups is 1. The van der Waals surface area contributed by atoms with Crippen molar-refractivity contribution in [1.29, 1.82) is 0 Å². The van der Waals surface area contributed by atoms with E-state index >= 15 is 0 Å². The van der Waals surface area contributed by atoms with Crippen LogP contribution in [0.25, 0.3) is 11.4 Å². The predicted molar refractivity (Wildman–Crippen MR) is 91.7 cm³/mol. The number of benzene rings is 2. The van der Waals surface area contributed by atoms with E-state index in [1.807, 2.05) is 10.3 Å². The van der Waals surface area contributed by atoms with Gasteiger partial charge in [0.25, 0.3) is 15.9 Å². The first kappa shape index (κ1) is 17.6. The summed E-state index contributed by atoms with van der Waals surface area (Å²) in [4.78, 5) is 22.2. The average molecular weight is 372 g/mol. The number of amides is 1. The third kappa shape index (κ3) is 3.90. The molecule has 0 aliphatic carbocycles. The first-order valence-corrected chi connectivity index (χ1v) is 8.90. The van der Waals surface area contributed by atoms with Crippen LogP contribution in [0.4, 0.5) is 4.39 Å². The van der Waals surface area contributed by atoms with Crippen molar-refractivity contribution in [1.82, 2.24) is 20.2 Å². The molecular formula is C17H13FN4O3S. The van der Waals surface area contributed by atoms with Crippen molar-refractivity contribution < 1.29 is 17.6 Å².